The van der Waals surface area contributed by atoms with Crippen molar-refractivity contribution in [1.82, 2.24) is 9.80 Å². The van der Waals surface area contributed by atoms with E-state index < -0.39 is 24.4 Å². The van der Waals surface area contributed by atoms with Crippen molar-refractivity contribution in [3.05, 3.63) is 35.9 Å². The van der Waals surface area contributed by atoms with Gasteiger partial charge in [-0.25, -0.2) is 0 Å². The van der Waals surface area contributed by atoms with E-state index in [4.69, 9.17) is 0 Å². The van der Waals surface area contributed by atoms with E-state index in [1.54, 1.807) is 4.90 Å². The van der Waals surface area contributed by atoms with Crippen LogP contribution in [0.1, 0.15) is 24.8 Å². The van der Waals surface area contributed by atoms with Crippen molar-refractivity contribution in [1.29, 1.82) is 0 Å². The van der Waals surface area contributed by atoms with Crippen LogP contribution in [0.2, 0.25) is 0 Å². The third kappa shape index (κ3) is 3.71. The Morgan fingerprint density at radius 3 is 2.50 bits per heavy atom. The number of amides is 2. The molecule has 4 nitrogen and oxygen atoms in total. The number of hydrogen-bond donors (Lipinski definition) is 0. The second-order valence-corrected chi connectivity index (χ2v) is 6.47. The van der Waals surface area contributed by atoms with Gasteiger partial charge in [-0.1, -0.05) is 30.3 Å². The highest BCUT2D eigenvalue weighted by atomic mass is 19.4. The molecule has 2 amide bonds. The second-order valence-electron chi connectivity index (χ2n) is 6.47. The summed E-state index contributed by atoms with van der Waals surface area (Å²) in [7, 11) is 0. The third-order valence-corrected chi connectivity index (χ3v) is 4.69. The molecule has 0 aromatic heterocycles. The number of hydrogen-bond acceptors (Lipinski definition) is 2. The molecule has 2 atom stereocenters. The summed E-state index contributed by atoms with van der Waals surface area (Å²) in [5, 5.41) is 0. The van der Waals surface area contributed by atoms with E-state index in [9.17, 15) is 22.8 Å². The van der Waals surface area contributed by atoms with Gasteiger partial charge >= 0.3 is 6.18 Å². The van der Waals surface area contributed by atoms with Gasteiger partial charge in [0.2, 0.25) is 11.8 Å². The van der Waals surface area contributed by atoms with Gasteiger partial charge in [0.25, 0.3) is 0 Å². The number of nitrogens with zero attached hydrogens (tertiary/aromatic N) is 2. The molecule has 0 N–H and O–H groups in total. The lowest BCUT2D eigenvalue weighted by molar-refractivity contribution is -0.161. The monoisotopic (exact) mass is 340 g/mol. The van der Waals surface area contributed by atoms with Crippen LogP contribution in [0.3, 0.4) is 0 Å². The van der Waals surface area contributed by atoms with Gasteiger partial charge in [0, 0.05) is 25.7 Å². The number of piperidine rings is 1. The summed E-state index contributed by atoms with van der Waals surface area (Å²) in [6.07, 6.45) is -4.63. The maximum absolute atomic E-state index is 12.6. The van der Waals surface area contributed by atoms with Crippen LogP contribution in [0.4, 0.5) is 13.2 Å². The van der Waals surface area contributed by atoms with Crippen molar-refractivity contribution in [3.63, 3.8) is 0 Å². The summed E-state index contributed by atoms with van der Waals surface area (Å²) in [6.45, 7) is 0.710. The summed E-state index contributed by atoms with van der Waals surface area (Å²) >= 11 is 0. The number of benzene rings is 1. The summed E-state index contributed by atoms with van der Waals surface area (Å²) in [5.74, 6) is -1.39. The fourth-order valence-corrected chi connectivity index (χ4v) is 3.52. The van der Waals surface area contributed by atoms with Gasteiger partial charge < -0.3 is 9.80 Å². The smallest absolute Gasteiger partial charge is 0.340 e. The summed E-state index contributed by atoms with van der Waals surface area (Å²) in [5.41, 5.74) is 0.978. The van der Waals surface area contributed by atoms with Crippen LogP contribution in [-0.4, -0.2) is 46.9 Å². The molecule has 7 heteroatoms. The first-order valence-corrected chi connectivity index (χ1v) is 8.02. The van der Waals surface area contributed by atoms with Crippen molar-refractivity contribution < 1.29 is 22.8 Å². The zero-order valence-electron chi connectivity index (χ0n) is 13.1. The molecule has 4 rings (SSSR count). The van der Waals surface area contributed by atoms with Gasteiger partial charge in [0.15, 0.2) is 0 Å². The van der Waals surface area contributed by atoms with Crippen LogP contribution in [0.5, 0.6) is 0 Å². The molecule has 2 bridgehead atoms. The van der Waals surface area contributed by atoms with Gasteiger partial charge in [-0.15, -0.1) is 0 Å². The normalized spacial score (nSPS) is 24.2. The molecule has 0 spiro atoms. The Bertz CT molecular complexity index is 618. The molecule has 3 fully saturated rings. The average Bonchev–Trinajstić information content (AvgIpc) is 2.80. The van der Waals surface area contributed by atoms with Gasteiger partial charge in [-0.2, -0.15) is 13.2 Å². The minimum atomic E-state index is -4.52. The maximum atomic E-state index is 12.6. The Kier molecular flexibility index (Phi) is 4.51. The standard InChI is InChI=1S/C17H19F3N2O2/c18-17(19,20)8-15(23)21-10-13-6-7-14(11-21)22(16(13)24)9-12-4-2-1-3-5-12/h1-5,13-14H,6-11H2/t13-,14+/m1/s1. The minimum Gasteiger partial charge on any atom is -0.340 e. The largest absolute Gasteiger partial charge is 0.397 e. The molecule has 3 aliphatic heterocycles. The Hall–Kier alpha value is -2.05. The highest BCUT2D eigenvalue weighted by molar-refractivity contribution is 5.83. The lowest BCUT2D eigenvalue weighted by atomic mass is 9.93. The lowest BCUT2D eigenvalue weighted by Gasteiger charge is -2.36. The zero-order chi connectivity index (χ0) is 17.3. The van der Waals surface area contributed by atoms with Crippen LogP contribution < -0.4 is 0 Å². The van der Waals surface area contributed by atoms with Crippen molar-refractivity contribution in [3.8, 4) is 0 Å². The van der Waals surface area contributed by atoms with Crippen molar-refractivity contribution in [2.75, 3.05) is 13.1 Å². The highest BCUT2D eigenvalue weighted by Crippen LogP contribution is 2.31. The molecule has 24 heavy (non-hydrogen) atoms. The number of halogens is 3. The fourth-order valence-electron chi connectivity index (χ4n) is 3.52. The first-order valence-electron chi connectivity index (χ1n) is 8.02. The SMILES string of the molecule is O=C(CC(F)(F)F)N1C[C@H]2CC[C@@H](C1)N(Cc1ccccc1)C2=O. The Labute approximate surface area is 138 Å². The second kappa shape index (κ2) is 6.45. The van der Waals surface area contributed by atoms with Crippen molar-refractivity contribution >= 4 is 11.8 Å². The molecular weight excluding hydrogens is 321 g/mol. The summed E-state index contributed by atoms with van der Waals surface area (Å²) < 4.78 is 37.5. The van der Waals surface area contributed by atoms with Crippen LogP contribution in [0.15, 0.2) is 30.3 Å². The van der Waals surface area contributed by atoms with Crippen LogP contribution in [-0.2, 0) is 16.1 Å². The molecule has 3 heterocycles. The Morgan fingerprint density at radius 2 is 1.83 bits per heavy atom. The molecule has 1 aromatic carbocycles. The van der Waals surface area contributed by atoms with Gasteiger partial charge in [0.05, 0.1) is 5.92 Å². The fraction of sp³-hybridized carbons (Fsp3) is 0.529. The number of rotatable bonds is 3. The molecule has 0 unspecified atom stereocenters. The lowest BCUT2D eigenvalue weighted by Crippen LogP contribution is -2.47. The highest BCUT2D eigenvalue weighted by Gasteiger charge is 2.43. The minimum absolute atomic E-state index is 0.0580. The van der Waals surface area contributed by atoms with Gasteiger partial charge in [0.1, 0.15) is 6.42 Å². The van der Waals surface area contributed by atoms with E-state index in [0.29, 0.717) is 13.0 Å². The molecule has 0 aliphatic carbocycles. The van der Waals surface area contributed by atoms with Crippen LogP contribution in [0.25, 0.3) is 0 Å². The molecule has 130 valence electrons. The quantitative estimate of drug-likeness (QED) is 0.849. The Balaban J connectivity index is 1.74. The first-order chi connectivity index (χ1) is 11.3. The molecule has 1 aromatic rings. The van der Waals surface area contributed by atoms with E-state index in [1.807, 2.05) is 30.3 Å². The predicted molar refractivity (Wildman–Crippen MR) is 80.8 cm³/mol. The van der Waals surface area contributed by atoms with Crippen LogP contribution >= 0.6 is 0 Å². The van der Waals surface area contributed by atoms with Crippen LogP contribution in [0, 0.1) is 5.92 Å². The topological polar surface area (TPSA) is 40.6 Å². The van der Waals surface area contributed by atoms with E-state index in [1.165, 1.54) is 4.90 Å². The summed E-state index contributed by atoms with van der Waals surface area (Å²) in [4.78, 5) is 27.5. The van der Waals surface area contributed by atoms with E-state index >= 15 is 0 Å². The molecule has 3 saturated heterocycles. The van der Waals surface area contributed by atoms with Gasteiger partial charge in [-0.05, 0) is 18.4 Å². The Morgan fingerprint density at radius 1 is 1.12 bits per heavy atom. The molecule has 0 saturated carbocycles. The molecular formula is C17H19F3N2O2. The number of alkyl halides is 3. The average molecular weight is 340 g/mol. The predicted octanol–water partition coefficient (Wildman–Crippen LogP) is 2.59. The van der Waals surface area contributed by atoms with E-state index in [0.717, 1.165) is 12.0 Å². The number of carbonyl (C=O) groups is 2. The van der Waals surface area contributed by atoms with Gasteiger partial charge in [-0.3, -0.25) is 9.59 Å². The number of fused-ring (bicyclic) bond motifs is 4. The summed E-state index contributed by atoms with van der Waals surface area (Å²) in [6, 6.07) is 9.27. The number of carbonyl (C=O) groups excluding carboxylic acids is 2. The van der Waals surface area contributed by atoms with Crippen molar-refractivity contribution in [2.24, 2.45) is 5.92 Å². The zero-order valence-corrected chi connectivity index (χ0v) is 13.1. The van der Waals surface area contributed by atoms with E-state index in [-0.39, 0.29) is 25.0 Å². The van der Waals surface area contributed by atoms with E-state index in [2.05, 4.69) is 0 Å². The maximum Gasteiger partial charge on any atom is 0.397 e. The molecule has 3 aliphatic rings. The first kappa shape index (κ1) is 16.8. The molecule has 0 radical (unpaired) electrons. The van der Waals surface area contributed by atoms with Crippen molar-refractivity contribution in [2.45, 2.75) is 38.0 Å². The third-order valence-electron chi connectivity index (χ3n) is 4.69.